The van der Waals surface area contributed by atoms with Gasteiger partial charge in [-0.2, -0.15) is 8.78 Å². The van der Waals surface area contributed by atoms with E-state index >= 15 is 0 Å². The van der Waals surface area contributed by atoms with Crippen LogP contribution in [0.15, 0.2) is 48.5 Å². The van der Waals surface area contributed by atoms with Crippen LogP contribution in [0.1, 0.15) is 28.8 Å². The van der Waals surface area contributed by atoms with Gasteiger partial charge >= 0.3 is 6.61 Å². The lowest BCUT2D eigenvalue weighted by molar-refractivity contribution is -0.132. The fourth-order valence-electron chi connectivity index (χ4n) is 3.63. The zero-order valence-electron chi connectivity index (χ0n) is 17.4. The van der Waals surface area contributed by atoms with Gasteiger partial charge in [0.2, 0.25) is 5.91 Å². The van der Waals surface area contributed by atoms with Gasteiger partial charge in [0.05, 0.1) is 12.7 Å². The second-order valence-electron chi connectivity index (χ2n) is 7.23. The summed E-state index contributed by atoms with van der Waals surface area (Å²) in [5, 5.41) is 0. The van der Waals surface area contributed by atoms with Crippen molar-refractivity contribution >= 4 is 11.8 Å². The summed E-state index contributed by atoms with van der Waals surface area (Å²) in [6.45, 7) is -1.60. The zero-order chi connectivity index (χ0) is 22.2. The van der Waals surface area contributed by atoms with Crippen molar-refractivity contribution in [2.24, 2.45) is 0 Å². The van der Waals surface area contributed by atoms with Crippen molar-refractivity contribution in [2.45, 2.75) is 25.9 Å². The first-order valence-corrected chi connectivity index (χ1v) is 10.2. The minimum Gasteiger partial charge on any atom is -0.493 e. The number of para-hydroxylation sites is 1. The molecule has 1 aliphatic rings. The van der Waals surface area contributed by atoms with Crippen LogP contribution in [0.4, 0.5) is 8.78 Å². The maximum absolute atomic E-state index is 12.9. The molecule has 8 heteroatoms. The van der Waals surface area contributed by atoms with Gasteiger partial charge in [0.1, 0.15) is 0 Å². The molecule has 0 bridgehead atoms. The van der Waals surface area contributed by atoms with E-state index in [1.54, 1.807) is 15.9 Å². The zero-order valence-corrected chi connectivity index (χ0v) is 17.4. The van der Waals surface area contributed by atoms with Gasteiger partial charge in [0.15, 0.2) is 11.5 Å². The Morgan fingerprint density at radius 3 is 2.29 bits per heavy atom. The van der Waals surface area contributed by atoms with Crippen LogP contribution in [0.3, 0.4) is 0 Å². The molecule has 6 nitrogen and oxygen atoms in total. The van der Waals surface area contributed by atoms with Crippen LogP contribution in [0.25, 0.3) is 0 Å². The number of rotatable bonds is 8. The largest absolute Gasteiger partial charge is 0.493 e. The van der Waals surface area contributed by atoms with Crippen LogP contribution < -0.4 is 9.47 Å². The molecule has 31 heavy (non-hydrogen) atoms. The highest BCUT2D eigenvalue weighted by Gasteiger charge is 2.28. The molecule has 1 aliphatic heterocycles. The van der Waals surface area contributed by atoms with Crippen LogP contribution in [-0.4, -0.2) is 61.5 Å². The van der Waals surface area contributed by atoms with Gasteiger partial charge in [-0.15, -0.1) is 0 Å². The van der Waals surface area contributed by atoms with E-state index in [-0.39, 0.29) is 23.0 Å². The number of carbonyl (C=O) groups is 2. The highest BCUT2D eigenvalue weighted by molar-refractivity contribution is 5.98. The fourth-order valence-corrected chi connectivity index (χ4v) is 3.63. The Labute approximate surface area is 180 Å². The molecule has 0 N–H and O–H groups in total. The van der Waals surface area contributed by atoms with Crippen molar-refractivity contribution in [1.29, 1.82) is 0 Å². The number of benzene rings is 2. The molecule has 0 aliphatic carbocycles. The number of carbonyl (C=O) groups excluding carboxylic acids is 2. The lowest BCUT2D eigenvalue weighted by Gasteiger charge is -2.35. The van der Waals surface area contributed by atoms with Gasteiger partial charge in [0.25, 0.3) is 5.91 Å². The summed E-state index contributed by atoms with van der Waals surface area (Å²) in [6, 6.07) is 14.4. The third kappa shape index (κ3) is 5.93. The first-order valence-electron chi connectivity index (χ1n) is 10.2. The summed E-state index contributed by atoms with van der Waals surface area (Å²) >= 11 is 0. The molecule has 0 spiro atoms. The standard InChI is InChI=1S/C23H26F2N2O4/c1-30-19-11-6-10-18(21(19)31-23(24)25)22(29)27-15-13-26(14-16-27)20(28)12-5-9-17-7-3-2-4-8-17/h2-4,6-8,10-11,23H,5,9,12-16H2,1H3. The Morgan fingerprint density at radius 1 is 0.968 bits per heavy atom. The first-order chi connectivity index (χ1) is 15.0. The molecular weight excluding hydrogens is 406 g/mol. The minimum absolute atomic E-state index is 0.0160. The Kier molecular flexibility index (Phi) is 7.81. The molecule has 1 saturated heterocycles. The Morgan fingerprint density at radius 2 is 1.65 bits per heavy atom. The molecule has 1 heterocycles. The molecule has 2 aromatic carbocycles. The van der Waals surface area contributed by atoms with Crippen LogP contribution in [0, 0.1) is 0 Å². The molecule has 0 radical (unpaired) electrons. The topological polar surface area (TPSA) is 59.1 Å². The molecule has 0 saturated carbocycles. The van der Waals surface area contributed by atoms with Crippen LogP contribution >= 0.6 is 0 Å². The SMILES string of the molecule is COc1cccc(C(=O)N2CCN(C(=O)CCCc3ccccc3)CC2)c1OC(F)F. The molecule has 1 fully saturated rings. The molecule has 0 unspecified atom stereocenters. The van der Waals surface area contributed by atoms with Crippen LogP contribution in [-0.2, 0) is 11.2 Å². The van der Waals surface area contributed by atoms with E-state index in [0.29, 0.717) is 32.6 Å². The number of piperazine rings is 1. The number of alkyl halides is 2. The smallest absolute Gasteiger partial charge is 0.387 e. The summed E-state index contributed by atoms with van der Waals surface area (Å²) in [7, 11) is 1.32. The number of halogens is 2. The van der Waals surface area contributed by atoms with Gasteiger partial charge < -0.3 is 19.3 Å². The highest BCUT2D eigenvalue weighted by atomic mass is 19.3. The van der Waals surface area contributed by atoms with Crippen LogP contribution in [0.5, 0.6) is 11.5 Å². The number of nitrogens with zero attached hydrogens (tertiary/aromatic N) is 2. The van der Waals surface area contributed by atoms with E-state index < -0.39 is 12.5 Å². The maximum Gasteiger partial charge on any atom is 0.387 e. The van der Waals surface area contributed by atoms with Crippen molar-refractivity contribution < 1.29 is 27.8 Å². The number of amides is 2. The van der Waals surface area contributed by atoms with Crippen molar-refractivity contribution in [3.63, 3.8) is 0 Å². The lowest BCUT2D eigenvalue weighted by atomic mass is 10.1. The lowest BCUT2D eigenvalue weighted by Crippen LogP contribution is -2.50. The van der Waals surface area contributed by atoms with E-state index in [1.807, 2.05) is 30.3 Å². The van der Waals surface area contributed by atoms with Gasteiger partial charge in [-0.1, -0.05) is 36.4 Å². The van der Waals surface area contributed by atoms with Crippen molar-refractivity contribution in [3.8, 4) is 11.5 Å². The number of methoxy groups -OCH3 is 1. The van der Waals surface area contributed by atoms with Gasteiger partial charge in [-0.3, -0.25) is 9.59 Å². The second-order valence-corrected chi connectivity index (χ2v) is 7.23. The number of ether oxygens (including phenoxy) is 2. The fraction of sp³-hybridized carbons (Fsp3) is 0.391. The van der Waals surface area contributed by atoms with E-state index in [4.69, 9.17) is 4.74 Å². The summed E-state index contributed by atoms with van der Waals surface area (Å²) in [6.07, 6.45) is 2.05. The molecule has 0 atom stereocenters. The Balaban J connectivity index is 1.54. The van der Waals surface area contributed by atoms with Gasteiger partial charge in [-0.25, -0.2) is 0 Å². The van der Waals surface area contributed by atoms with Crippen LogP contribution in [0.2, 0.25) is 0 Å². The van der Waals surface area contributed by atoms with E-state index in [9.17, 15) is 18.4 Å². The number of hydrogen-bond acceptors (Lipinski definition) is 4. The normalized spacial score (nSPS) is 13.9. The first kappa shape index (κ1) is 22.5. The summed E-state index contributed by atoms with van der Waals surface area (Å²) in [4.78, 5) is 28.7. The Bertz CT molecular complexity index is 884. The van der Waals surface area contributed by atoms with E-state index in [1.165, 1.54) is 24.8 Å². The molecule has 0 aromatic heterocycles. The second kappa shape index (κ2) is 10.7. The highest BCUT2D eigenvalue weighted by Crippen LogP contribution is 2.33. The van der Waals surface area contributed by atoms with Crippen molar-refractivity contribution in [3.05, 3.63) is 59.7 Å². The average Bonchev–Trinajstić information content (AvgIpc) is 2.79. The van der Waals surface area contributed by atoms with Crippen molar-refractivity contribution in [2.75, 3.05) is 33.3 Å². The Hall–Kier alpha value is -3.16. The molecule has 2 amide bonds. The van der Waals surface area contributed by atoms with Gasteiger partial charge in [-0.05, 0) is 30.5 Å². The summed E-state index contributed by atoms with van der Waals surface area (Å²) < 4.78 is 35.3. The maximum atomic E-state index is 12.9. The molecule has 2 aromatic rings. The average molecular weight is 432 g/mol. The third-order valence-corrected chi connectivity index (χ3v) is 5.25. The quantitative estimate of drug-likeness (QED) is 0.640. The number of aryl methyl sites for hydroxylation is 1. The molecular formula is C23H26F2N2O4. The predicted molar refractivity (Wildman–Crippen MR) is 111 cm³/mol. The minimum atomic E-state index is -3.08. The predicted octanol–water partition coefficient (Wildman–Crippen LogP) is 3.60. The molecule has 3 rings (SSSR count). The third-order valence-electron chi connectivity index (χ3n) is 5.25. The number of hydrogen-bond donors (Lipinski definition) is 0. The summed E-state index contributed by atoms with van der Waals surface area (Å²) in [5.41, 5.74) is 1.22. The molecule has 166 valence electrons. The van der Waals surface area contributed by atoms with Crippen molar-refractivity contribution in [1.82, 2.24) is 9.80 Å². The van der Waals surface area contributed by atoms with Gasteiger partial charge in [0, 0.05) is 32.6 Å². The summed E-state index contributed by atoms with van der Waals surface area (Å²) in [5.74, 6) is -0.570. The van der Waals surface area contributed by atoms with E-state index in [0.717, 1.165) is 12.8 Å². The monoisotopic (exact) mass is 432 g/mol. The van der Waals surface area contributed by atoms with E-state index in [2.05, 4.69) is 4.74 Å².